The molecule has 0 spiro atoms. The molecule has 2 saturated heterocycles. The molecule has 0 saturated carbocycles. The SMILES string of the molecule is CN1CCN2C[C@@H]1CC[C@@H]2C(c1ccccc1)c1ccccc1.Cl.Cl. The van der Waals surface area contributed by atoms with Crippen LogP contribution in [0.3, 0.4) is 0 Å². The van der Waals surface area contributed by atoms with Gasteiger partial charge >= 0.3 is 0 Å². The number of benzene rings is 2. The molecule has 2 heterocycles. The predicted molar refractivity (Wildman–Crippen MR) is 110 cm³/mol. The molecule has 0 aromatic heterocycles. The lowest BCUT2D eigenvalue weighted by Crippen LogP contribution is -2.59. The summed E-state index contributed by atoms with van der Waals surface area (Å²) in [6, 6.07) is 23.6. The van der Waals surface area contributed by atoms with Gasteiger partial charge < -0.3 is 4.90 Å². The molecule has 0 aliphatic carbocycles. The van der Waals surface area contributed by atoms with Gasteiger partial charge in [-0.05, 0) is 31.0 Å². The van der Waals surface area contributed by atoms with Crippen molar-refractivity contribution in [3.8, 4) is 0 Å². The van der Waals surface area contributed by atoms with Gasteiger partial charge in [0.25, 0.3) is 0 Å². The Kier molecular flexibility index (Phi) is 7.33. The third kappa shape index (κ3) is 4.20. The van der Waals surface area contributed by atoms with Gasteiger partial charge in [-0.1, -0.05) is 60.7 Å². The molecule has 2 aromatic rings. The highest BCUT2D eigenvalue weighted by Crippen LogP contribution is 2.37. The lowest BCUT2D eigenvalue weighted by molar-refractivity contribution is 0.0137. The summed E-state index contributed by atoms with van der Waals surface area (Å²) in [5.74, 6) is 0.488. The Labute approximate surface area is 164 Å². The first-order valence-electron chi connectivity index (χ1n) is 8.87. The van der Waals surface area contributed by atoms with Crippen molar-refractivity contribution >= 4 is 24.8 Å². The molecule has 2 nitrogen and oxygen atoms in total. The van der Waals surface area contributed by atoms with Crippen molar-refractivity contribution in [2.75, 3.05) is 26.7 Å². The van der Waals surface area contributed by atoms with Crippen LogP contribution in [0.4, 0.5) is 0 Å². The summed E-state index contributed by atoms with van der Waals surface area (Å²) < 4.78 is 0. The van der Waals surface area contributed by atoms with Gasteiger partial charge in [0.1, 0.15) is 0 Å². The Bertz CT molecular complexity index is 595. The fourth-order valence-electron chi connectivity index (χ4n) is 4.46. The van der Waals surface area contributed by atoms with Gasteiger partial charge in [-0.15, -0.1) is 24.8 Å². The van der Waals surface area contributed by atoms with Crippen LogP contribution in [-0.4, -0.2) is 48.6 Å². The third-order valence-corrected chi connectivity index (χ3v) is 5.78. The number of hydrogen-bond acceptors (Lipinski definition) is 2. The smallest absolute Gasteiger partial charge is 0.0245 e. The average molecular weight is 379 g/mol. The van der Waals surface area contributed by atoms with E-state index in [0.29, 0.717) is 12.0 Å². The van der Waals surface area contributed by atoms with E-state index in [0.717, 1.165) is 6.04 Å². The summed E-state index contributed by atoms with van der Waals surface area (Å²) >= 11 is 0. The van der Waals surface area contributed by atoms with Crippen LogP contribution in [0.25, 0.3) is 0 Å². The van der Waals surface area contributed by atoms with Crippen LogP contribution >= 0.6 is 24.8 Å². The molecule has 0 amide bonds. The first-order chi connectivity index (χ1) is 11.3. The molecule has 2 bridgehead atoms. The van der Waals surface area contributed by atoms with Crippen LogP contribution in [0, 0.1) is 0 Å². The number of piperazine rings is 1. The fourth-order valence-corrected chi connectivity index (χ4v) is 4.46. The maximum atomic E-state index is 2.75. The van der Waals surface area contributed by atoms with Crippen molar-refractivity contribution in [2.45, 2.75) is 30.8 Å². The Morgan fingerprint density at radius 3 is 1.92 bits per heavy atom. The molecular formula is C21H28Cl2N2. The molecule has 25 heavy (non-hydrogen) atoms. The molecule has 3 atom stereocenters. The largest absolute Gasteiger partial charge is 0.301 e. The van der Waals surface area contributed by atoms with Crippen molar-refractivity contribution in [2.24, 2.45) is 0 Å². The second kappa shape index (κ2) is 9.05. The predicted octanol–water partition coefficient (Wildman–Crippen LogP) is 4.44. The van der Waals surface area contributed by atoms with Gasteiger partial charge in [-0.3, -0.25) is 4.90 Å². The van der Waals surface area contributed by atoms with E-state index >= 15 is 0 Å². The van der Waals surface area contributed by atoms with Crippen LogP contribution in [-0.2, 0) is 0 Å². The second-order valence-electron chi connectivity index (χ2n) is 7.07. The van der Waals surface area contributed by atoms with Gasteiger partial charge in [0.2, 0.25) is 0 Å². The number of rotatable bonds is 3. The van der Waals surface area contributed by atoms with Crippen molar-refractivity contribution in [1.82, 2.24) is 9.80 Å². The highest BCUT2D eigenvalue weighted by atomic mass is 35.5. The fraction of sp³-hybridized carbons (Fsp3) is 0.429. The number of piperidine rings is 1. The zero-order valence-corrected chi connectivity index (χ0v) is 16.4. The lowest BCUT2D eigenvalue weighted by atomic mass is 9.79. The monoisotopic (exact) mass is 378 g/mol. The van der Waals surface area contributed by atoms with Gasteiger partial charge in [0.15, 0.2) is 0 Å². The van der Waals surface area contributed by atoms with Crippen molar-refractivity contribution < 1.29 is 0 Å². The maximum absolute atomic E-state index is 2.75. The molecule has 0 radical (unpaired) electrons. The molecule has 2 fully saturated rings. The van der Waals surface area contributed by atoms with Crippen LogP contribution in [0.2, 0.25) is 0 Å². The third-order valence-electron chi connectivity index (χ3n) is 5.78. The Morgan fingerprint density at radius 2 is 1.36 bits per heavy atom. The van der Waals surface area contributed by atoms with E-state index in [-0.39, 0.29) is 24.8 Å². The molecule has 1 unspecified atom stereocenters. The minimum atomic E-state index is 0. The number of likely N-dealkylation sites (N-methyl/N-ethyl adjacent to an activating group) is 1. The molecule has 4 heteroatoms. The second-order valence-corrected chi connectivity index (χ2v) is 7.07. The zero-order chi connectivity index (χ0) is 15.6. The van der Waals surface area contributed by atoms with Crippen molar-refractivity contribution in [1.29, 1.82) is 0 Å². The molecule has 2 aliphatic rings. The summed E-state index contributed by atoms with van der Waals surface area (Å²) in [4.78, 5) is 5.30. The lowest BCUT2D eigenvalue weighted by Gasteiger charge is -2.50. The van der Waals surface area contributed by atoms with Gasteiger partial charge in [0, 0.05) is 37.6 Å². The molecule has 136 valence electrons. The number of halogens is 2. The van der Waals surface area contributed by atoms with E-state index in [2.05, 4.69) is 77.5 Å². The minimum absolute atomic E-state index is 0. The molecule has 0 N–H and O–H groups in total. The number of fused-ring (bicyclic) bond motifs is 2. The van der Waals surface area contributed by atoms with Crippen LogP contribution in [0.1, 0.15) is 29.9 Å². The topological polar surface area (TPSA) is 6.48 Å². The van der Waals surface area contributed by atoms with E-state index < -0.39 is 0 Å². The van der Waals surface area contributed by atoms with E-state index in [9.17, 15) is 0 Å². The molecule has 4 rings (SSSR count). The summed E-state index contributed by atoms with van der Waals surface area (Å²) in [6.45, 7) is 3.64. The normalized spacial score (nSPS) is 25.8. The van der Waals surface area contributed by atoms with Crippen LogP contribution in [0.15, 0.2) is 60.7 Å². The highest BCUT2D eigenvalue weighted by Gasteiger charge is 2.38. The Balaban J connectivity index is 0.00000113. The van der Waals surface area contributed by atoms with Crippen LogP contribution in [0.5, 0.6) is 0 Å². The first kappa shape index (κ1) is 20.3. The molecule has 2 aromatic carbocycles. The van der Waals surface area contributed by atoms with Gasteiger partial charge in [-0.25, -0.2) is 0 Å². The van der Waals surface area contributed by atoms with E-state index in [4.69, 9.17) is 0 Å². The number of nitrogens with zero attached hydrogens (tertiary/aromatic N) is 2. The number of hydrogen-bond donors (Lipinski definition) is 0. The highest BCUT2D eigenvalue weighted by molar-refractivity contribution is 5.85. The summed E-state index contributed by atoms with van der Waals surface area (Å²) in [5.41, 5.74) is 2.92. The van der Waals surface area contributed by atoms with E-state index in [1.807, 2.05) is 0 Å². The Morgan fingerprint density at radius 1 is 0.800 bits per heavy atom. The maximum Gasteiger partial charge on any atom is 0.0245 e. The first-order valence-corrected chi connectivity index (χ1v) is 8.87. The van der Waals surface area contributed by atoms with Crippen molar-refractivity contribution in [3.05, 3.63) is 71.8 Å². The molecule has 2 aliphatic heterocycles. The zero-order valence-electron chi connectivity index (χ0n) is 14.8. The summed E-state index contributed by atoms with van der Waals surface area (Å²) in [5, 5.41) is 0. The summed E-state index contributed by atoms with van der Waals surface area (Å²) in [6.07, 6.45) is 2.62. The van der Waals surface area contributed by atoms with Gasteiger partial charge in [0.05, 0.1) is 0 Å². The Hall–Kier alpha value is -1.06. The van der Waals surface area contributed by atoms with Gasteiger partial charge in [-0.2, -0.15) is 0 Å². The minimum Gasteiger partial charge on any atom is -0.301 e. The summed E-state index contributed by atoms with van der Waals surface area (Å²) in [7, 11) is 2.29. The average Bonchev–Trinajstić information content (AvgIpc) is 2.62. The van der Waals surface area contributed by atoms with Crippen LogP contribution < -0.4 is 0 Å². The standard InChI is InChI=1S/C21H26N2.2ClH/c1-22-14-15-23-16-19(22)12-13-20(23)21(17-8-4-2-5-9-17)18-10-6-3-7-11-18;;/h2-11,19-21H,12-16H2,1H3;2*1H/t19-,20+;;/m0../s1. The molecular weight excluding hydrogens is 351 g/mol. The van der Waals surface area contributed by atoms with E-state index in [1.54, 1.807) is 0 Å². The quantitative estimate of drug-likeness (QED) is 0.778. The van der Waals surface area contributed by atoms with Crippen molar-refractivity contribution in [3.63, 3.8) is 0 Å². The van der Waals surface area contributed by atoms with E-state index in [1.165, 1.54) is 43.6 Å².